The highest BCUT2D eigenvalue weighted by atomic mass is 15.2. The quantitative estimate of drug-likeness (QED) is 0.821. The second-order valence-electron chi connectivity index (χ2n) is 6.95. The van der Waals surface area contributed by atoms with Gasteiger partial charge in [-0.25, -0.2) is 4.58 Å². The zero-order valence-corrected chi connectivity index (χ0v) is 15.2. The topological polar surface area (TPSA) is 15.0 Å². The van der Waals surface area contributed by atoms with Gasteiger partial charge in [0.25, 0.3) is 5.84 Å². The highest BCUT2D eigenvalue weighted by molar-refractivity contribution is 5.99. The van der Waals surface area contributed by atoms with Crippen molar-refractivity contribution >= 4 is 11.5 Å². The highest BCUT2D eigenvalue weighted by Gasteiger charge is 2.28. The molecule has 1 aliphatic rings. The first-order valence-corrected chi connectivity index (χ1v) is 8.43. The van der Waals surface area contributed by atoms with Gasteiger partial charge in [0, 0.05) is 0 Å². The lowest BCUT2D eigenvalue weighted by Gasteiger charge is -2.14. The van der Waals surface area contributed by atoms with E-state index in [1.54, 1.807) is 0 Å². The van der Waals surface area contributed by atoms with Crippen molar-refractivity contribution in [2.75, 3.05) is 13.1 Å². The fourth-order valence-corrected chi connectivity index (χ4v) is 4.09. The fourth-order valence-electron chi connectivity index (χ4n) is 4.09. The minimum atomic E-state index is 0.995. The molecular formula is C21H27N2+. The minimum absolute atomic E-state index is 0.995. The van der Waals surface area contributed by atoms with E-state index in [0.717, 1.165) is 13.1 Å². The smallest absolute Gasteiger partial charge is 0.270 e. The number of nitrogens with zero attached hydrogens (tertiary/aromatic N) is 1. The summed E-state index contributed by atoms with van der Waals surface area (Å²) >= 11 is 0. The molecule has 1 heterocycles. The van der Waals surface area contributed by atoms with Gasteiger partial charge in [-0.05, 0) is 63.8 Å². The van der Waals surface area contributed by atoms with Crippen molar-refractivity contribution in [3.63, 3.8) is 0 Å². The molecule has 1 aliphatic heterocycles. The van der Waals surface area contributed by atoms with Gasteiger partial charge < -0.3 is 0 Å². The van der Waals surface area contributed by atoms with E-state index in [1.807, 2.05) is 0 Å². The van der Waals surface area contributed by atoms with Crippen LogP contribution in [0.5, 0.6) is 0 Å². The summed E-state index contributed by atoms with van der Waals surface area (Å²) in [4.78, 5) is 0. The van der Waals surface area contributed by atoms with Gasteiger partial charge in [0.2, 0.25) is 0 Å². The maximum Gasteiger partial charge on any atom is 0.283 e. The first-order chi connectivity index (χ1) is 10.9. The van der Waals surface area contributed by atoms with Crippen LogP contribution in [0.2, 0.25) is 0 Å². The molecule has 0 saturated heterocycles. The molecule has 0 amide bonds. The Morgan fingerprint density at radius 1 is 0.739 bits per heavy atom. The van der Waals surface area contributed by atoms with Crippen molar-refractivity contribution < 1.29 is 4.58 Å². The molecule has 1 N–H and O–H groups in total. The van der Waals surface area contributed by atoms with Gasteiger partial charge in [0.15, 0.2) is 0 Å². The second kappa shape index (κ2) is 5.84. The molecule has 2 heteroatoms. The van der Waals surface area contributed by atoms with E-state index in [9.17, 15) is 0 Å². The van der Waals surface area contributed by atoms with Crippen LogP contribution in [0.15, 0.2) is 24.3 Å². The number of aryl methyl sites for hydroxylation is 6. The van der Waals surface area contributed by atoms with E-state index in [-0.39, 0.29) is 0 Å². The van der Waals surface area contributed by atoms with Crippen LogP contribution in [0.3, 0.4) is 0 Å². The molecular weight excluding hydrogens is 280 g/mol. The first-order valence-electron chi connectivity index (χ1n) is 8.43. The van der Waals surface area contributed by atoms with Gasteiger partial charge in [0.1, 0.15) is 18.8 Å². The lowest BCUT2D eigenvalue weighted by molar-refractivity contribution is -0.429. The number of nitrogens with one attached hydrogen (secondary N) is 1. The van der Waals surface area contributed by atoms with Crippen LogP contribution < -0.4 is 5.32 Å². The van der Waals surface area contributed by atoms with Crippen LogP contribution in [0, 0.1) is 41.5 Å². The molecule has 2 aromatic carbocycles. The summed E-state index contributed by atoms with van der Waals surface area (Å²) in [7, 11) is 0. The minimum Gasteiger partial charge on any atom is -0.270 e. The summed E-state index contributed by atoms with van der Waals surface area (Å²) in [6.07, 6.45) is 0. The Bertz CT molecular complexity index is 699. The number of rotatable bonds is 2. The molecule has 0 spiro atoms. The monoisotopic (exact) mass is 307 g/mol. The summed E-state index contributed by atoms with van der Waals surface area (Å²) in [6, 6.07) is 9.13. The summed E-state index contributed by atoms with van der Waals surface area (Å²) in [5.74, 6) is 1.26. The standard InChI is InChI=1S/C21H26N2/c1-13-9-15(3)19(16(4)10-13)21-22-7-8-23(21)20-17(5)11-14(2)12-18(20)6/h9-12H,7-8H2,1-6H3/p+1. The Balaban J connectivity index is 2.25. The molecule has 0 bridgehead atoms. The van der Waals surface area contributed by atoms with Crippen LogP contribution >= 0.6 is 0 Å². The van der Waals surface area contributed by atoms with E-state index in [0.29, 0.717) is 0 Å². The molecule has 3 rings (SSSR count). The van der Waals surface area contributed by atoms with Gasteiger partial charge in [-0.15, -0.1) is 0 Å². The number of hydrogen-bond donors (Lipinski definition) is 1. The summed E-state index contributed by atoms with van der Waals surface area (Å²) < 4.78 is 2.47. The lowest BCUT2D eigenvalue weighted by Crippen LogP contribution is -2.25. The third-order valence-electron chi connectivity index (χ3n) is 4.72. The average Bonchev–Trinajstić information content (AvgIpc) is 2.85. The van der Waals surface area contributed by atoms with Crippen LogP contribution in [-0.4, -0.2) is 23.5 Å². The second-order valence-corrected chi connectivity index (χ2v) is 6.95. The summed E-state index contributed by atoms with van der Waals surface area (Å²) in [5, 5.41) is 3.63. The van der Waals surface area contributed by atoms with Crippen LogP contribution in [0.25, 0.3) is 0 Å². The van der Waals surface area contributed by atoms with Crippen molar-refractivity contribution in [1.82, 2.24) is 5.32 Å². The average molecular weight is 307 g/mol. The Labute approximate surface area is 139 Å². The number of amidine groups is 1. The van der Waals surface area contributed by atoms with Gasteiger partial charge >= 0.3 is 0 Å². The molecule has 2 nitrogen and oxygen atoms in total. The van der Waals surface area contributed by atoms with Gasteiger partial charge in [-0.3, -0.25) is 5.32 Å². The van der Waals surface area contributed by atoms with Crippen molar-refractivity contribution in [1.29, 1.82) is 0 Å². The molecule has 0 saturated carbocycles. The third-order valence-corrected chi connectivity index (χ3v) is 4.72. The summed E-state index contributed by atoms with van der Waals surface area (Å²) in [6.45, 7) is 15.2. The number of benzene rings is 2. The fraction of sp³-hybridized carbons (Fsp3) is 0.381. The maximum absolute atomic E-state index is 3.63. The molecule has 0 aromatic heterocycles. The van der Waals surface area contributed by atoms with E-state index in [1.165, 1.54) is 50.5 Å². The normalized spacial score (nSPS) is 14.3. The molecule has 0 unspecified atom stereocenters. The highest BCUT2D eigenvalue weighted by Crippen LogP contribution is 2.28. The van der Waals surface area contributed by atoms with E-state index >= 15 is 0 Å². The third kappa shape index (κ3) is 2.78. The van der Waals surface area contributed by atoms with Gasteiger partial charge in [0.05, 0.1) is 5.56 Å². The predicted octanol–water partition coefficient (Wildman–Crippen LogP) is 4.23. The SMILES string of the molecule is Cc1cc(C)c(C2=[N+](c3c(C)cc(C)cc3C)CCN2)c(C)c1. The van der Waals surface area contributed by atoms with Crippen molar-refractivity contribution in [3.05, 3.63) is 63.2 Å². The van der Waals surface area contributed by atoms with Gasteiger partial charge in [-0.2, -0.15) is 0 Å². The first kappa shape index (κ1) is 15.8. The Morgan fingerprint density at radius 2 is 1.22 bits per heavy atom. The molecule has 0 fully saturated rings. The largest absolute Gasteiger partial charge is 0.283 e. The molecule has 0 atom stereocenters. The Morgan fingerprint density at radius 3 is 1.74 bits per heavy atom. The Hall–Kier alpha value is -2.09. The molecule has 120 valence electrons. The van der Waals surface area contributed by atoms with Crippen molar-refractivity contribution in [3.8, 4) is 0 Å². The Kier molecular flexibility index (Phi) is 4.01. The van der Waals surface area contributed by atoms with Crippen LogP contribution in [0.1, 0.15) is 38.9 Å². The van der Waals surface area contributed by atoms with Crippen LogP contribution in [0.4, 0.5) is 5.69 Å². The maximum atomic E-state index is 3.63. The van der Waals surface area contributed by atoms with E-state index in [2.05, 4.69) is 75.7 Å². The zero-order chi connectivity index (χ0) is 16.7. The zero-order valence-electron chi connectivity index (χ0n) is 15.2. The predicted molar refractivity (Wildman–Crippen MR) is 98.2 cm³/mol. The van der Waals surface area contributed by atoms with E-state index in [4.69, 9.17) is 0 Å². The molecule has 0 aliphatic carbocycles. The van der Waals surface area contributed by atoms with Crippen molar-refractivity contribution in [2.24, 2.45) is 0 Å². The van der Waals surface area contributed by atoms with Gasteiger partial charge in [-0.1, -0.05) is 35.4 Å². The van der Waals surface area contributed by atoms with E-state index < -0.39 is 0 Å². The van der Waals surface area contributed by atoms with Crippen molar-refractivity contribution in [2.45, 2.75) is 41.5 Å². The molecule has 0 radical (unpaired) electrons. The lowest BCUT2D eigenvalue weighted by atomic mass is 9.98. The molecule has 2 aromatic rings. The molecule has 23 heavy (non-hydrogen) atoms. The summed E-state index contributed by atoms with van der Waals surface area (Å²) in [5.41, 5.74) is 10.8. The van der Waals surface area contributed by atoms with Crippen LogP contribution in [-0.2, 0) is 0 Å². The number of hydrogen-bond acceptors (Lipinski definition) is 1.